The van der Waals surface area contributed by atoms with Crippen molar-refractivity contribution in [2.24, 2.45) is 5.92 Å². The van der Waals surface area contributed by atoms with Crippen molar-refractivity contribution >= 4 is 11.7 Å². The molecule has 6 rings (SSSR count). The Labute approximate surface area is 213 Å². The number of morpholine rings is 1. The molecular formula is C27H38N6O3. The fourth-order valence-electron chi connectivity index (χ4n) is 7.07. The summed E-state index contributed by atoms with van der Waals surface area (Å²) >= 11 is 0. The number of Topliss-reactive ketones (excluding diaryl/α,β-unsaturated/α-hetero) is 1. The highest BCUT2D eigenvalue weighted by molar-refractivity contribution is 6.20. The summed E-state index contributed by atoms with van der Waals surface area (Å²) in [6, 6.07) is 0.350. The summed E-state index contributed by atoms with van der Waals surface area (Å²) in [5.74, 6) is -0.419. The van der Waals surface area contributed by atoms with E-state index in [1.165, 1.54) is 19.3 Å². The molecule has 1 amide bonds. The fourth-order valence-corrected chi connectivity index (χ4v) is 7.07. The Bertz CT molecular complexity index is 981. The zero-order chi connectivity index (χ0) is 24.5. The number of hydrogen-bond donors (Lipinski definition) is 2. The van der Waals surface area contributed by atoms with Gasteiger partial charge in [0, 0.05) is 56.4 Å². The van der Waals surface area contributed by atoms with Gasteiger partial charge >= 0.3 is 0 Å². The Morgan fingerprint density at radius 3 is 2.78 bits per heavy atom. The van der Waals surface area contributed by atoms with Crippen LogP contribution < -0.4 is 10.6 Å². The van der Waals surface area contributed by atoms with Crippen LogP contribution in [0.25, 0.3) is 0 Å². The SMILES string of the molecule is O=C(NCCN1CCCC1)C1=CN2C3CCCCC3OC3C(NCc4cnccn4)CCC(C1=O)C32. The molecule has 9 heteroatoms. The van der Waals surface area contributed by atoms with Crippen LogP contribution in [0.2, 0.25) is 0 Å². The monoisotopic (exact) mass is 494 g/mol. The van der Waals surface area contributed by atoms with Gasteiger partial charge in [-0.25, -0.2) is 0 Å². The van der Waals surface area contributed by atoms with E-state index in [9.17, 15) is 9.59 Å². The van der Waals surface area contributed by atoms with Crippen LogP contribution in [0.15, 0.2) is 30.4 Å². The Kier molecular flexibility index (Phi) is 7.04. The first-order valence-electron chi connectivity index (χ1n) is 13.9. The number of amides is 1. The van der Waals surface area contributed by atoms with Crippen LogP contribution in [0.3, 0.4) is 0 Å². The summed E-state index contributed by atoms with van der Waals surface area (Å²) in [5, 5.41) is 6.70. The van der Waals surface area contributed by atoms with E-state index in [1.807, 2.05) is 6.20 Å². The zero-order valence-corrected chi connectivity index (χ0v) is 21.0. The number of fused-ring (bicyclic) bond motifs is 2. The number of ether oxygens (including phenoxy) is 1. The van der Waals surface area contributed by atoms with Gasteiger partial charge in [0.25, 0.3) is 5.91 Å². The Balaban J connectivity index is 1.20. The van der Waals surface area contributed by atoms with E-state index in [0.29, 0.717) is 18.7 Å². The zero-order valence-electron chi connectivity index (χ0n) is 21.0. The van der Waals surface area contributed by atoms with Crippen molar-refractivity contribution in [3.63, 3.8) is 0 Å². The lowest BCUT2D eigenvalue weighted by Crippen LogP contribution is -2.70. The van der Waals surface area contributed by atoms with Crippen molar-refractivity contribution in [2.45, 2.75) is 88.2 Å². The summed E-state index contributed by atoms with van der Waals surface area (Å²) in [5.41, 5.74) is 1.24. The second-order valence-electron chi connectivity index (χ2n) is 11.0. The molecule has 1 aromatic rings. The van der Waals surface area contributed by atoms with Gasteiger partial charge in [-0.1, -0.05) is 12.8 Å². The van der Waals surface area contributed by atoms with Crippen LogP contribution in [-0.2, 0) is 20.9 Å². The first-order chi connectivity index (χ1) is 17.7. The summed E-state index contributed by atoms with van der Waals surface area (Å²) in [4.78, 5) is 40.2. The van der Waals surface area contributed by atoms with Crippen molar-refractivity contribution in [3.8, 4) is 0 Å². The molecule has 6 atom stereocenters. The minimum Gasteiger partial charge on any atom is -0.369 e. The summed E-state index contributed by atoms with van der Waals surface area (Å²) < 4.78 is 6.77. The molecule has 194 valence electrons. The second-order valence-corrected chi connectivity index (χ2v) is 11.0. The molecule has 5 aliphatic rings. The largest absolute Gasteiger partial charge is 0.369 e. The van der Waals surface area contributed by atoms with E-state index < -0.39 is 0 Å². The van der Waals surface area contributed by atoms with E-state index in [1.54, 1.807) is 18.6 Å². The number of ketones is 1. The lowest BCUT2D eigenvalue weighted by molar-refractivity contribution is -0.188. The molecule has 6 unspecified atom stereocenters. The third-order valence-corrected chi connectivity index (χ3v) is 8.86. The normalized spacial score (nSPS) is 34.1. The van der Waals surface area contributed by atoms with Gasteiger partial charge in [0.15, 0.2) is 5.78 Å². The molecule has 4 fully saturated rings. The average Bonchev–Trinajstić information content (AvgIpc) is 3.43. The van der Waals surface area contributed by atoms with Gasteiger partial charge in [0.2, 0.25) is 0 Å². The van der Waals surface area contributed by atoms with E-state index >= 15 is 0 Å². The molecule has 2 aliphatic carbocycles. The van der Waals surface area contributed by atoms with E-state index in [2.05, 4.69) is 30.4 Å². The summed E-state index contributed by atoms with van der Waals surface area (Å²) in [7, 11) is 0. The topological polar surface area (TPSA) is 99.7 Å². The predicted octanol–water partition coefficient (Wildman–Crippen LogP) is 1.40. The van der Waals surface area contributed by atoms with E-state index in [-0.39, 0.29) is 47.9 Å². The molecule has 1 aromatic heterocycles. The minimum absolute atomic E-state index is 0.00911. The average molecular weight is 495 g/mol. The second kappa shape index (κ2) is 10.6. The molecular weight excluding hydrogens is 456 g/mol. The molecule has 0 radical (unpaired) electrons. The van der Waals surface area contributed by atoms with Crippen molar-refractivity contribution in [1.82, 2.24) is 30.4 Å². The van der Waals surface area contributed by atoms with E-state index in [0.717, 1.165) is 57.4 Å². The standard InChI is InChI=1S/C27H38N6O3/c34-25-19-7-8-21(31-16-18-15-28-9-10-29-18)26-24(19)33(22-5-1-2-6-23(22)36-26)17-20(25)27(35)30-11-14-32-12-3-4-13-32/h9-10,15,17,19,21-24,26,31H,1-8,11-14,16H2,(H,30,35). The summed E-state index contributed by atoms with van der Waals surface area (Å²) in [6.45, 7) is 4.27. The maximum absolute atomic E-state index is 13.6. The predicted molar refractivity (Wildman–Crippen MR) is 134 cm³/mol. The van der Waals surface area contributed by atoms with Crippen molar-refractivity contribution < 1.29 is 14.3 Å². The number of rotatable bonds is 7. The highest BCUT2D eigenvalue weighted by atomic mass is 16.5. The smallest absolute Gasteiger partial charge is 0.256 e. The number of carbonyl (C=O) groups excluding carboxylic acids is 2. The van der Waals surface area contributed by atoms with Gasteiger partial charge in [-0.15, -0.1) is 0 Å². The highest BCUT2D eigenvalue weighted by Crippen LogP contribution is 2.44. The quantitative estimate of drug-likeness (QED) is 0.549. The minimum atomic E-state index is -0.212. The van der Waals surface area contributed by atoms with Crippen LogP contribution in [0.4, 0.5) is 0 Å². The number of aromatic nitrogens is 2. The maximum Gasteiger partial charge on any atom is 0.256 e. The Hall–Kier alpha value is -2.36. The highest BCUT2D eigenvalue weighted by Gasteiger charge is 2.55. The van der Waals surface area contributed by atoms with Gasteiger partial charge in [0.1, 0.15) is 0 Å². The Morgan fingerprint density at radius 1 is 1.08 bits per heavy atom. The van der Waals surface area contributed by atoms with Gasteiger partial charge in [0.05, 0.1) is 35.6 Å². The fraction of sp³-hybridized carbons (Fsp3) is 0.704. The van der Waals surface area contributed by atoms with Crippen molar-refractivity contribution in [1.29, 1.82) is 0 Å². The first kappa shape index (κ1) is 24.0. The van der Waals surface area contributed by atoms with Gasteiger partial charge in [-0.05, 0) is 51.6 Å². The Morgan fingerprint density at radius 2 is 1.94 bits per heavy atom. The number of nitrogens with zero attached hydrogens (tertiary/aromatic N) is 4. The number of likely N-dealkylation sites (tertiary alicyclic amines) is 1. The van der Waals surface area contributed by atoms with Crippen LogP contribution >= 0.6 is 0 Å². The summed E-state index contributed by atoms with van der Waals surface area (Å²) in [6.07, 6.45) is 15.6. The maximum atomic E-state index is 13.6. The molecule has 2 saturated carbocycles. The van der Waals surface area contributed by atoms with E-state index in [4.69, 9.17) is 4.74 Å². The van der Waals surface area contributed by atoms with Crippen molar-refractivity contribution in [2.75, 3.05) is 26.2 Å². The third-order valence-electron chi connectivity index (χ3n) is 8.86. The molecule has 9 nitrogen and oxygen atoms in total. The van der Waals surface area contributed by atoms with Gasteiger partial charge in [-0.3, -0.25) is 19.6 Å². The van der Waals surface area contributed by atoms with Gasteiger partial charge in [-0.2, -0.15) is 0 Å². The molecule has 4 heterocycles. The molecule has 0 bridgehead atoms. The first-order valence-corrected chi connectivity index (χ1v) is 13.9. The molecule has 0 aromatic carbocycles. The number of carbonyl (C=O) groups is 2. The molecule has 3 aliphatic heterocycles. The van der Waals surface area contributed by atoms with Crippen LogP contribution in [0.5, 0.6) is 0 Å². The molecule has 2 N–H and O–H groups in total. The lowest BCUT2D eigenvalue weighted by atomic mass is 9.70. The number of nitrogens with one attached hydrogen (secondary N) is 2. The molecule has 36 heavy (non-hydrogen) atoms. The lowest BCUT2D eigenvalue weighted by Gasteiger charge is -2.58. The van der Waals surface area contributed by atoms with Crippen LogP contribution in [0, 0.1) is 5.92 Å². The van der Waals surface area contributed by atoms with Crippen LogP contribution in [-0.4, -0.2) is 88.0 Å². The molecule has 0 spiro atoms. The van der Waals surface area contributed by atoms with Crippen molar-refractivity contribution in [3.05, 3.63) is 36.1 Å². The molecule has 2 saturated heterocycles. The third kappa shape index (κ3) is 4.68. The number of hydrogen-bond acceptors (Lipinski definition) is 8. The van der Waals surface area contributed by atoms with Gasteiger partial charge < -0.3 is 25.2 Å². The van der Waals surface area contributed by atoms with Crippen LogP contribution in [0.1, 0.15) is 57.1 Å².